The lowest BCUT2D eigenvalue weighted by molar-refractivity contribution is -0.140. The van der Waals surface area contributed by atoms with E-state index >= 15 is 0 Å². The Hall–Kier alpha value is -1.89. The van der Waals surface area contributed by atoms with E-state index in [2.05, 4.69) is 9.84 Å². The number of ether oxygens (including phenoxy) is 2. The molecule has 118 valence electrons. The van der Waals surface area contributed by atoms with E-state index in [0.29, 0.717) is 31.0 Å². The first-order chi connectivity index (χ1) is 9.92. The third-order valence-corrected chi connectivity index (χ3v) is 3.39. The van der Waals surface area contributed by atoms with Gasteiger partial charge < -0.3 is 14.4 Å². The molecule has 1 heterocycles. The molecule has 7 nitrogen and oxygen atoms in total. The van der Waals surface area contributed by atoms with Crippen LogP contribution in [0, 0.1) is 13.8 Å². The number of hydrogen-bond acceptors (Lipinski definition) is 5. The molecule has 1 rings (SSSR count). The van der Waals surface area contributed by atoms with Gasteiger partial charge in [-0.1, -0.05) is 0 Å². The summed E-state index contributed by atoms with van der Waals surface area (Å²) in [6.45, 7) is 4.77. The van der Waals surface area contributed by atoms with Gasteiger partial charge in [0.25, 0.3) is 5.91 Å². The lowest BCUT2D eigenvalue weighted by Crippen LogP contribution is -2.36. The number of esters is 1. The molecule has 1 aromatic rings. The van der Waals surface area contributed by atoms with Gasteiger partial charge in [-0.25, -0.2) is 0 Å². The Morgan fingerprint density at radius 2 is 1.90 bits per heavy atom. The SMILES string of the molecule is COCCN(CCC(=O)OC)C(=O)c1c(C)nn(C)c1C. The molecule has 0 aromatic carbocycles. The van der Waals surface area contributed by atoms with Crippen LogP contribution in [-0.2, 0) is 21.3 Å². The Morgan fingerprint density at radius 1 is 1.24 bits per heavy atom. The number of amides is 1. The molecule has 0 saturated carbocycles. The highest BCUT2D eigenvalue weighted by atomic mass is 16.5. The normalized spacial score (nSPS) is 10.5. The molecule has 21 heavy (non-hydrogen) atoms. The molecule has 0 aliphatic heterocycles. The molecule has 0 saturated heterocycles. The number of aryl methyl sites for hydroxylation is 2. The van der Waals surface area contributed by atoms with E-state index in [9.17, 15) is 9.59 Å². The fourth-order valence-electron chi connectivity index (χ4n) is 2.09. The van der Waals surface area contributed by atoms with Crippen molar-refractivity contribution in [1.82, 2.24) is 14.7 Å². The van der Waals surface area contributed by atoms with E-state index < -0.39 is 0 Å². The van der Waals surface area contributed by atoms with E-state index in [1.165, 1.54) is 7.11 Å². The van der Waals surface area contributed by atoms with Crippen LogP contribution < -0.4 is 0 Å². The molecule has 0 radical (unpaired) electrons. The molecule has 0 aliphatic rings. The fraction of sp³-hybridized carbons (Fsp3) is 0.643. The van der Waals surface area contributed by atoms with Crippen LogP contribution in [0.3, 0.4) is 0 Å². The van der Waals surface area contributed by atoms with Crippen molar-refractivity contribution in [3.63, 3.8) is 0 Å². The molecule has 1 aromatic heterocycles. The molecule has 0 aliphatic carbocycles. The number of carbonyl (C=O) groups is 2. The summed E-state index contributed by atoms with van der Waals surface area (Å²) in [5.41, 5.74) is 2.07. The van der Waals surface area contributed by atoms with Gasteiger partial charge >= 0.3 is 5.97 Å². The minimum absolute atomic E-state index is 0.140. The second kappa shape index (κ2) is 7.78. The molecule has 0 unspecified atom stereocenters. The van der Waals surface area contributed by atoms with Crippen molar-refractivity contribution >= 4 is 11.9 Å². The van der Waals surface area contributed by atoms with Crippen LogP contribution in [0.5, 0.6) is 0 Å². The maximum absolute atomic E-state index is 12.7. The first kappa shape index (κ1) is 17.2. The monoisotopic (exact) mass is 297 g/mol. The van der Waals surface area contributed by atoms with E-state index in [0.717, 1.165) is 5.69 Å². The molecule has 0 bridgehead atoms. The highest BCUT2D eigenvalue weighted by molar-refractivity contribution is 5.96. The Morgan fingerprint density at radius 3 is 2.38 bits per heavy atom. The Kier molecular flexibility index (Phi) is 6.36. The Labute approximate surface area is 124 Å². The van der Waals surface area contributed by atoms with Gasteiger partial charge in [0.15, 0.2) is 0 Å². The first-order valence-corrected chi connectivity index (χ1v) is 6.77. The zero-order chi connectivity index (χ0) is 16.0. The second-order valence-corrected chi connectivity index (χ2v) is 4.78. The number of nitrogens with zero attached hydrogens (tertiary/aromatic N) is 3. The van der Waals surface area contributed by atoms with Crippen LogP contribution >= 0.6 is 0 Å². The minimum Gasteiger partial charge on any atom is -0.469 e. The summed E-state index contributed by atoms with van der Waals surface area (Å²) in [4.78, 5) is 25.5. The van der Waals surface area contributed by atoms with Crippen molar-refractivity contribution < 1.29 is 19.1 Å². The quantitative estimate of drug-likeness (QED) is 0.692. The van der Waals surface area contributed by atoms with Crippen molar-refractivity contribution in [2.45, 2.75) is 20.3 Å². The van der Waals surface area contributed by atoms with Gasteiger partial charge in [-0.2, -0.15) is 5.10 Å². The van der Waals surface area contributed by atoms with E-state index in [-0.39, 0.29) is 18.3 Å². The number of rotatable bonds is 7. The van der Waals surface area contributed by atoms with Gasteiger partial charge in [-0.3, -0.25) is 14.3 Å². The second-order valence-electron chi connectivity index (χ2n) is 4.78. The lowest BCUT2D eigenvalue weighted by Gasteiger charge is -2.22. The largest absolute Gasteiger partial charge is 0.469 e. The summed E-state index contributed by atoms with van der Waals surface area (Å²) >= 11 is 0. The first-order valence-electron chi connectivity index (χ1n) is 6.77. The Bertz CT molecular complexity index is 511. The van der Waals surface area contributed by atoms with Crippen molar-refractivity contribution in [2.24, 2.45) is 7.05 Å². The zero-order valence-electron chi connectivity index (χ0n) is 13.3. The van der Waals surface area contributed by atoms with Crippen LogP contribution in [0.4, 0.5) is 0 Å². The van der Waals surface area contributed by atoms with Gasteiger partial charge in [0, 0.05) is 32.9 Å². The average Bonchev–Trinajstić information content (AvgIpc) is 2.71. The minimum atomic E-state index is -0.343. The average molecular weight is 297 g/mol. The standard InChI is InChI=1S/C14H23N3O4/c1-10-13(11(2)16(3)15-10)14(19)17(8-9-20-4)7-6-12(18)21-5/h6-9H2,1-5H3. The molecule has 0 atom stereocenters. The highest BCUT2D eigenvalue weighted by Crippen LogP contribution is 2.15. The molecule has 0 spiro atoms. The summed E-state index contributed by atoms with van der Waals surface area (Å²) in [6, 6.07) is 0. The molecular weight excluding hydrogens is 274 g/mol. The van der Waals surface area contributed by atoms with Crippen LogP contribution in [0.1, 0.15) is 28.2 Å². The smallest absolute Gasteiger partial charge is 0.307 e. The maximum atomic E-state index is 12.7. The summed E-state index contributed by atoms with van der Waals surface area (Å²) in [5.74, 6) is -0.482. The summed E-state index contributed by atoms with van der Waals surface area (Å²) in [5, 5.41) is 4.25. The van der Waals surface area contributed by atoms with Crippen molar-refractivity contribution in [2.75, 3.05) is 33.9 Å². The van der Waals surface area contributed by atoms with Gasteiger partial charge in [-0.05, 0) is 13.8 Å². The fourth-order valence-corrected chi connectivity index (χ4v) is 2.09. The number of hydrogen-bond donors (Lipinski definition) is 0. The zero-order valence-corrected chi connectivity index (χ0v) is 13.3. The molecule has 0 fully saturated rings. The van der Waals surface area contributed by atoms with E-state index in [4.69, 9.17) is 4.74 Å². The van der Waals surface area contributed by atoms with Gasteiger partial charge in [0.2, 0.25) is 0 Å². The molecular formula is C14H23N3O4. The summed E-state index contributed by atoms with van der Waals surface area (Å²) in [7, 11) is 4.70. The van der Waals surface area contributed by atoms with Crippen LogP contribution in [0.15, 0.2) is 0 Å². The van der Waals surface area contributed by atoms with Crippen molar-refractivity contribution in [3.8, 4) is 0 Å². The number of aromatic nitrogens is 2. The topological polar surface area (TPSA) is 73.7 Å². The van der Waals surface area contributed by atoms with E-state index in [1.54, 1.807) is 30.7 Å². The Balaban J connectivity index is 2.90. The third-order valence-electron chi connectivity index (χ3n) is 3.39. The van der Waals surface area contributed by atoms with Gasteiger partial charge in [-0.15, -0.1) is 0 Å². The van der Waals surface area contributed by atoms with Crippen molar-refractivity contribution in [3.05, 3.63) is 17.0 Å². The van der Waals surface area contributed by atoms with Crippen LogP contribution in [0.25, 0.3) is 0 Å². The van der Waals surface area contributed by atoms with Gasteiger partial charge in [0.05, 0.1) is 31.4 Å². The predicted molar refractivity (Wildman–Crippen MR) is 77.1 cm³/mol. The highest BCUT2D eigenvalue weighted by Gasteiger charge is 2.23. The van der Waals surface area contributed by atoms with Gasteiger partial charge in [0.1, 0.15) is 0 Å². The van der Waals surface area contributed by atoms with Crippen LogP contribution in [0.2, 0.25) is 0 Å². The van der Waals surface area contributed by atoms with Crippen molar-refractivity contribution in [1.29, 1.82) is 0 Å². The van der Waals surface area contributed by atoms with E-state index in [1.807, 2.05) is 6.92 Å². The lowest BCUT2D eigenvalue weighted by atomic mass is 10.1. The maximum Gasteiger partial charge on any atom is 0.307 e. The number of methoxy groups -OCH3 is 2. The number of carbonyl (C=O) groups excluding carboxylic acids is 2. The molecule has 7 heteroatoms. The predicted octanol–water partition coefficient (Wildman–Crippen LogP) is 0.689. The third kappa shape index (κ3) is 4.29. The van der Waals surface area contributed by atoms with Crippen LogP contribution in [-0.4, -0.2) is 60.5 Å². The summed E-state index contributed by atoms with van der Waals surface area (Å²) in [6.07, 6.45) is 0.157. The molecule has 1 amide bonds. The summed E-state index contributed by atoms with van der Waals surface area (Å²) < 4.78 is 11.3. The molecule has 0 N–H and O–H groups in total.